The third-order valence-electron chi connectivity index (χ3n) is 2.66. The SMILES string of the molecule is Cc1ncnc(C)c1C(=O)NCc1ccncc1. The molecule has 1 amide bonds. The summed E-state index contributed by atoms with van der Waals surface area (Å²) in [4.78, 5) is 24.0. The summed E-state index contributed by atoms with van der Waals surface area (Å²) in [6.45, 7) is 4.07. The van der Waals surface area contributed by atoms with E-state index >= 15 is 0 Å². The summed E-state index contributed by atoms with van der Waals surface area (Å²) >= 11 is 0. The Hall–Kier alpha value is -2.30. The fraction of sp³-hybridized carbons (Fsp3) is 0.231. The van der Waals surface area contributed by atoms with Crippen molar-refractivity contribution in [2.45, 2.75) is 20.4 Å². The molecule has 1 N–H and O–H groups in total. The quantitative estimate of drug-likeness (QED) is 0.883. The van der Waals surface area contributed by atoms with Crippen molar-refractivity contribution < 1.29 is 4.79 Å². The number of nitrogens with zero attached hydrogens (tertiary/aromatic N) is 3. The van der Waals surface area contributed by atoms with Crippen LogP contribution < -0.4 is 5.32 Å². The molecule has 0 spiro atoms. The van der Waals surface area contributed by atoms with Crippen molar-refractivity contribution in [3.05, 3.63) is 53.4 Å². The number of carbonyl (C=O) groups excluding carboxylic acids is 1. The normalized spacial score (nSPS) is 10.1. The van der Waals surface area contributed by atoms with Gasteiger partial charge in [0, 0.05) is 18.9 Å². The summed E-state index contributed by atoms with van der Waals surface area (Å²) in [5, 5.41) is 2.85. The van der Waals surface area contributed by atoms with Crippen LogP contribution in [0.1, 0.15) is 27.3 Å². The summed E-state index contributed by atoms with van der Waals surface area (Å²) in [7, 11) is 0. The molecule has 2 rings (SSSR count). The van der Waals surface area contributed by atoms with Crippen LogP contribution in [0.5, 0.6) is 0 Å². The summed E-state index contributed by atoms with van der Waals surface area (Å²) in [5.41, 5.74) is 2.93. The monoisotopic (exact) mass is 242 g/mol. The van der Waals surface area contributed by atoms with Gasteiger partial charge in [0.05, 0.1) is 17.0 Å². The van der Waals surface area contributed by atoms with Crippen molar-refractivity contribution >= 4 is 5.91 Å². The van der Waals surface area contributed by atoms with Gasteiger partial charge in [-0.1, -0.05) is 0 Å². The predicted molar refractivity (Wildman–Crippen MR) is 66.9 cm³/mol. The van der Waals surface area contributed by atoms with Crippen LogP contribution >= 0.6 is 0 Å². The summed E-state index contributed by atoms with van der Waals surface area (Å²) in [6, 6.07) is 3.73. The number of aryl methyl sites for hydroxylation is 2. The summed E-state index contributed by atoms with van der Waals surface area (Å²) < 4.78 is 0. The van der Waals surface area contributed by atoms with E-state index in [1.54, 1.807) is 26.2 Å². The van der Waals surface area contributed by atoms with Gasteiger partial charge in [-0.05, 0) is 31.5 Å². The molecule has 2 heterocycles. The zero-order chi connectivity index (χ0) is 13.0. The number of carbonyl (C=O) groups is 1. The van der Waals surface area contributed by atoms with E-state index < -0.39 is 0 Å². The zero-order valence-corrected chi connectivity index (χ0v) is 10.3. The van der Waals surface area contributed by atoms with E-state index in [4.69, 9.17) is 0 Å². The lowest BCUT2D eigenvalue weighted by atomic mass is 10.1. The predicted octanol–water partition coefficient (Wildman–Crippen LogP) is 1.42. The van der Waals surface area contributed by atoms with E-state index in [1.807, 2.05) is 12.1 Å². The van der Waals surface area contributed by atoms with Crippen LogP contribution in [0.25, 0.3) is 0 Å². The third-order valence-corrected chi connectivity index (χ3v) is 2.66. The Balaban J connectivity index is 2.09. The van der Waals surface area contributed by atoms with Crippen molar-refractivity contribution in [3.8, 4) is 0 Å². The molecule has 18 heavy (non-hydrogen) atoms. The second kappa shape index (κ2) is 5.35. The van der Waals surface area contributed by atoms with Gasteiger partial charge in [0.15, 0.2) is 0 Å². The molecular formula is C13H14N4O. The Morgan fingerprint density at radius 2 is 1.78 bits per heavy atom. The van der Waals surface area contributed by atoms with Crippen LogP contribution in [0, 0.1) is 13.8 Å². The number of nitrogens with one attached hydrogen (secondary N) is 1. The van der Waals surface area contributed by atoms with E-state index in [9.17, 15) is 4.79 Å². The molecule has 0 atom stereocenters. The summed E-state index contributed by atoms with van der Waals surface area (Å²) in [5.74, 6) is -0.151. The van der Waals surface area contributed by atoms with E-state index in [1.165, 1.54) is 6.33 Å². The Bertz CT molecular complexity index is 534. The van der Waals surface area contributed by atoms with Gasteiger partial charge in [-0.15, -0.1) is 0 Å². The van der Waals surface area contributed by atoms with Gasteiger partial charge in [-0.3, -0.25) is 9.78 Å². The molecule has 0 aliphatic carbocycles. The van der Waals surface area contributed by atoms with Crippen molar-refractivity contribution in [2.24, 2.45) is 0 Å². The molecule has 0 aromatic carbocycles. The molecule has 0 saturated heterocycles. The minimum absolute atomic E-state index is 0.151. The first-order valence-corrected chi connectivity index (χ1v) is 5.64. The van der Waals surface area contributed by atoms with Crippen LogP contribution in [0.4, 0.5) is 0 Å². The molecule has 0 radical (unpaired) electrons. The lowest BCUT2D eigenvalue weighted by Crippen LogP contribution is -2.25. The molecule has 92 valence electrons. The number of hydrogen-bond donors (Lipinski definition) is 1. The molecule has 0 aliphatic heterocycles. The van der Waals surface area contributed by atoms with Crippen molar-refractivity contribution in [1.82, 2.24) is 20.3 Å². The first-order chi connectivity index (χ1) is 8.68. The highest BCUT2D eigenvalue weighted by Gasteiger charge is 2.13. The molecule has 5 nitrogen and oxygen atoms in total. The lowest BCUT2D eigenvalue weighted by molar-refractivity contribution is 0.0948. The fourth-order valence-corrected chi connectivity index (χ4v) is 1.69. The average Bonchev–Trinajstić information content (AvgIpc) is 2.37. The largest absolute Gasteiger partial charge is 0.348 e. The van der Waals surface area contributed by atoms with Gasteiger partial charge in [-0.25, -0.2) is 9.97 Å². The first kappa shape index (κ1) is 12.2. The molecule has 5 heteroatoms. The summed E-state index contributed by atoms with van der Waals surface area (Å²) in [6.07, 6.45) is 4.86. The van der Waals surface area contributed by atoms with Gasteiger partial charge >= 0.3 is 0 Å². The van der Waals surface area contributed by atoms with Crippen molar-refractivity contribution in [2.75, 3.05) is 0 Å². The Morgan fingerprint density at radius 1 is 1.17 bits per heavy atom. The molecule has 0 unspecified atom stereocenters. The van der Waals surface area contributed by atoms with Crippen LogP contribution in [0.2, 0.25) is 0 Å². The highest BCUT2D eigenvalue weighted by Crippen LogP contribution is 2.08. The van der Waals surface area contributed by atoms with E-state index in [0.717, 1.165) is 5.56 Å². The van der Waals surface area contributed by atoms with Crippen LogP contribution in [0.3, 0.4) is 0 Å². The molecule has 0 aliphatic rings. The van der Waals surface area contributed by atoms with Gasteiger partial charge < -0.3 is 5.32 Å². The van der Waals surface area contributed by atoms with E-state index in [0.29, 0.717) is 23.5 Å². The zero-order valence-electron chi connectivity index (χ0n) is 10.3. The maximum absolute atomic E-state index is 12.1. The maximum Gasteiger partial charge on any atom is 0.255 e. The van der Waals surface area contributed by atoms with E-state index in [2.05, 4.69) is 20.3 Å². The molecule has 2 aromatic heterocycles. The standard InChI is InChI=1S/C13H14N4O/c1-9-12(10(2)17-8-16-9)13(18)15-7-11-3-5-14-6-4-11/h3-6,8H,7H2,1-2H3,(H,15,18). The second-order valence-electron chi connectivity index (χ2n) is 3.96. The topological polar surface area (TPSA) is 67.8 Å². The van der Waals surface area contributed by atoms with Crippen molar-refractivity contribution in [3.63, 3.8) is 0 Å². The molecular weight excluding hydrogens is 228 g/mol. The van der Waals surface area contributed by atoms with Gasteiger partial charge in [-0.2, -0.15) is 0 Å². The smallest absolute Gasteiger partial charge is 0.255 e. The fourth-order valence-electron chi connectivity index (χ4n) is 1.69. The molecule has 0 saturated carbocycles. The highest BCUT2D eigenvalue weighted by atomic mass is 16.1. The van der Waals surface area contributed by atoms with Gasteiger partial charge in [0.1, 0.15) is 6.33 Å². The van der Waals surface area contributed by atoms with E-state index in [-0.39, 0.29) is 5.91 Å². The molecule has 0 fully saturated rings. The Kier molecular flexibility index (Phi) is 3.62. The van der Waals surface area contributed by atoms with Gasteiger partial charge in [0.2, 0.25) is 0 Å². The third kappa shape index (κ3) is 2.68. The first-order valence-electron chi connectivity index (χ1n) is 5.64. The Labute approximate surface area is 105 Å². The number of aromatic nitrogens is 3. The van der Waals surface area contributed by atoms with Crippen LogP contribution in [-0.2, 0) is 6.54 Å². The molecule has 2 aromatic rings. The van der Waals surface area contributed by atoms with Gasteiger partial charge in [0.25, 0.3) is 5.91 Å². The average molecular weight is 242 g/mol. The minimum Gasteiger partial charge on any atom is -0.348 e. The van der Waals surface area contributed by atoms with Crippen molar-refractivity contribution in [1.29, 1.82) is 0 Å². The minimum atomic E-state index is -0.151. The van der Waals surface area contributed by atoms with Crippen LogP contribution in [0.15, 0.2) is 30.9 Å². The number of amides is 1. The molecule has 0 bridgehead atoms. The Morgan fingerprint density at radius 3 is 2.39 bits per heavy atom. The highest BCUT2D eigenvalue weighted by molar-refractivity contribution is 5.96. The number of pyridine rings is 1. The maximum atomic E-state index is 12.1. The number of hydrogen-bond acceptors (Lipinski definition) is 4. The number of rotatable bonds is 3. The lowest BCUT2D eigenvalue weighted by Gasteiger charge is -2.08. The second-order valence-corrected chi connectivity index (χ2v) is 3.96. The van der Waals surface area contributed by atoms with Crippen LogP contribution in [-0.4, -0.2) is 20.9 Å².